The van der Waals surface area contributed by atoms with Gasteiger partial charge in [-0.3, -0.25) is 0 Å². The van der Waals surface area contributed by atoms with Gasteiger partial charge in [0.15, 0.2) is 0 Å². The highest BCUT2D eigenvalue weighted by Gasteiger charge is 2.15. The minimum absolute atomic E-state index is 0.752. The number of nitrogens with zero attached hydrogens (tertiary/aromatic N) is 1. The standard InChI is InChI=1S/C10H12Br2N2S/c11-7-4-9(12)10(13-5-7)14-6-8-2-1-3-15-8/h4-5,8H,1-3,6H2,(H,13,14). The molecule has 2 rings (SSSR count). The van der Waals surface area contributed by atoms with E-state index in [1.807, 2.05) is 12.3 Å². The maximum absolute atomic E-state index is 4.32. The Hall–Kier alpha value is 0.260. The van der Waals surface area contributed by atoms with E-state index >= 15 is 0 Å². The predicted octanol–water partition coefficient (Wildman–Crippen LogP) is 3.91. The highest BCUT2D eigenvalue weighted by molar-refractivity contribution is 9.11. The summed E-state index contributed by atoms with van der Waals surface area (Å²) >= 11 is 8.94. The largest absolute Gasteiger partial charge is 0.368 e. The van der Waals surface area contributed by atoms with Crippen LogP contribution in [0.4, 0.5) is 5.82 Å². The van der Waals surface area contributed by atoms with Crippen LogP contribution in [-0.4, -0.2) is 22.5 Å². The zero-order chi connectivity index (χ0) is 10.7. The van der Waals surface area contributed by atoms with Gasteiger partial charge in [-0.15, -0.1) is 0 Å². The van der Waals surface area contributed by atoms with Crippen LogP contribution in [0.3, 0.4) is 0 Å². The molecule has 82 valence electrons. The van der Waals surface area contributed by atoms with Crippen LogP contribution in [0.5, 0.6) is 0 Å². The third kappa shape index (κ3) is 3.36. The van der Waals surface area contributed by atoms with Crippen molar-refractivity contribution in [2.75, 3.05) is 17.6 Å². The lowest BCUT2D eigenvalue weighted by atomic mass is 10.2. The van der Waals surface area contributed by atoms with Crippen LogP contribution in [0.2, 0.25) is 0 Å². The van der Waals surface area contributed by atoms with Crippen molar-refractivity contribution < 1.29 is 0 Å². The maximum Gasteiger partial charge on any atom is 0.140 e. The maximum atomic E-state index is 4.32. The van der Waals surface area contributed by atoms with E-state index in [1.165, 1.54) is 18.6 Å². The molecule has 1 aromatic rings. The molecule has 0 radical (unpaired) electrons. The van der Waals surface area contributed by atoms with E-state index < -0.39 is 0 Å². The van der Waals surface area contributed by atoms with E-state index in [2.05, 4.69) is 53.9 Å². The van der Waals surface area contributed by atoms with E-state index in [1.54, 1.807) is 0 Å². The van der Waals surface area contributed by atoms with Gasteiger partial charge in [-0.1, -0.05) is 0 Å². The van der Waals surface area contributed by atoms with Crippen molar-refractivity contribution in [3.8, 4) is 0 Å². The Balaban J connectivity index is 1.92. The van der Waals surface area contributed by atoms with Crippen LogP contribution in [0.25, 0.3) is 0 Å². The summed E-state index contributed by atoms with van der Waals surface area (Å²) in [6.07, 6.45) is 4.49. The Morgan fingerprint density at radius 2 is 2.40 bits per heavy atom. The molecule has 1 aliphatic rings. The van der Waals surface area contributed by atoms with Gasteiger partial charge in [-0.05, 0) is 56.5 Å². The zero-order valence-corrected chi connectivity index (χ0v) is 12.2. The first kappa shape index (κ1) is 11.7. The van der Waals surface area contributed by atoms with Gasteiger partial charge >= 0.3 is 0 Å². The molecular formula is C10H12Br2N2S. The Morgan fingerprint density at radius 1 is 1.53 bits per heavy atom. The van der Waals surface area contributed by atoms with Gasteiger partial charge in [-0.2, -0.15) is 11.8 Å². The number of thioether (sulfide) groups is 1. The number of anilines is 1. The minimum atomic E-state index is 0.752. The molecule has 0 amide bonds. The summed E-state index contributed by atoms with van der Waals surface area (Å²) in [7, 11) is 0. The SMILES string of the molecule is Brc1cnc(NCC2CCCS2)c(Br)c1. The highest BCUT2D eigenvalue weighted by atomic mass is 79.9. The number of hydrogen-bond acceptors (Lipinski definition) is 3. The van der Waals surface area contributed by atoms with Crippen molar-refractivity contribution in [2.45, 2.75) is 18.1 Å². The molecule has 2 nitrogen and oxygen atoms in total. The van der Waals surface area contributed by atoms with Crippen molar-refractivity contribution >= 4 is 49.4 Å². The highest BCUT2D eigenvalue weighted by Crippen LogP contribution is 2.28. The first-order valence-corrected chi connectivity index (χ1v) is 7.55. The fourth-order valence-electron chi connectivity index (χ4n) is 1.56. The van der Waals surface area contributed by atoms with Crippen LogP contribution in [0, 0.1) is 0 Å². The molecule has 1 aromatic heterocycles. The summed E-state index contributed by atoms with van der Waals surface area (Å²) in [4.78, 5) is 4.32. The number of pyridine rings is 1. The van der Waals surface area contributed by atoms with Crippen LogP contribution >= 0.6 is 43.6 Å². The molecule has 5 heteroatoms. The van der Waals surface area contributed by atoms with Gasteiger partial charge < -0.3 is 5.32 Å². The Kier molecular flexibility index (Phi) is 4.34. The molecule has 2 heterocycles. The van der Waals surface area contributed by atoms with Gasteiger partial charge in [-0.25, -0.2) is 4.98 Å². The summed E-state index contributed by atoms with van der Waals surface area (Å²) in [5.41, 5.74) is 0. The average Bonchev–Trinajstić information content (AvgIpc) is 2.69. The third-order valence-corrected chi connectivity index (χ3v) is 4.77. The van der Waals surface area contributed by atoms with E-state index in [9.17, 15) is 0 Å². The Morgan fingerprint density at radius 3 is 3.07 bits per heavy atom. The second kappa shape index (κ2) is 5.55. The first-order valence-electron chi connectivity index (χ1n) is 4.92. The monoisotopic (exact) mass is 350 g/mol. The molecule has 1 aliphatic heterocycles. The number of hydrogen-bond donors (Lipinski definition) is 1. The number of nitrogens with one attached hydrogen (secondary N) is 1. The van der Waals surface area contributed by atoms with Crippen molar-refractivity contribution in [2.24, 2.45) is 0 Å². The molecular weight excluding hydrogens is 340 g/mol. The van der Waals surface area contributed by atoms with Crippen molar-refractivity contribution in [3.05, 3.63) is 21.2 Å². The summed E-state index contributed by atoms with van der Waals surface area (Å²) in [6, 6.07) is 2.01. The fourth-order valence-corrected chi connectivity index (χ4v) is 3.89. The predicted molar refractivity (Wildman–Crippen MR) is 73.6 cm³/mol. The summed E-state index contributed by atoms with van der Waals surface area (Å²) in [6.45, 7) is 1.01. The minimum Gasteiger partial charge on any atom is -0.368 e. The van der Waals surface area contributed by atoms with Crippen molar-refractivity contribution in [3.63, 3.8) is 0 Å². The fraction of sp³-hybridized carbons (Fsp3) is 0.500. The molecule has 1 saturated heterocycles. The van der Waals surface area contributed by atoms with E-state index in [0.717, 1.165) is 26.6 Å². The molecule has 15 heavy (non-hydrogen) atoms. The summed E-state index contributed by atoms with van der Waals surface area (Å²) in [5.74, 6) is 2.24. The lowest BCUT2D eigenvalue weighted by molar-refractivity contribution is 0.803. The van der Waals surface area contributed by atoms with Gasteiger partial charge in [0.2, 0.25) is 0 Å². The van der Waals surface area contributed by atoms with Gasteiger partial charge in [0, 0.05) is 22.5 Å². The van der Waals surface area contributed by atoms with Gasteiger partial charge in [0.25, 0.3) is 0 Å². The van der Waals surface area contributed by atoms with Crippen molar-refractivity contribution in [1.29, 1.82) is 0 Å². The van der Waals surface area contributed by atoms with Gasteiger partial charge in [0.1, 0.15) is 5.82 Å². The number of aromatic nitrogens is 1. The molecule has 0 saturated carbocycles. The quantitative estimate of drug-likeness (QED) is 0.893. The van der Waals surface area contributed by atoms with E-state index in [4.69, 9.17) is 0 Å². The van der Waals surface area contributed by atoms with Crippen molar-refractivity contribution in [1.82, 2.24) is 4.98 Å². The molecule has 0 spiro atoms. The molecule has 1 fully saturated rings. The van der Waals surface area contributed by atoms with E-state index in [-0.39, 0.29) is 0 Å². The lowest BCUT2D eigenvalue weighted by Gasteiger charge is -2.11. The van der Waals surface area contributed by atoms with Crippen LogP contribution < -0.4 is 5.32 Å². The summed E-state index contributed by atoms with van der Waals surface area (Å²) in [5, 5.41) is 4.13. The zero-order valence-electron chi connectivity index (χ0n) is 8.17. The lowest BCUT2D eigenvalue weighted by Crippen LogP contribution is -2.14. The topological polar surface area (TPSA) is 24.9 Å². The molecule has 0 bridgehead atoms. The third-order valence-electron chi connectivity index (χ3n) is 2.33. The van der Waals surface area contributed by atoms with Gasteiger partial charge in [0.05, 0.1) is 4.47 Å². The molecule has 0 aromatic carbocycles. The summed E-state index contributed by atoms with van der Waals surface area (Å²) < 4.78 is 2.01. The molecule has 1 unspecified atom stereocenters. The van der Waals surface area contributed by atoms with Crippen LogP contribution in [-0.2, 0) is 0 Å². The Labute approximate surface area is 111 Å². The second-order valence-electron chi connectivity index (χ2n) is 3.50. The second-order valence-corrected chi connectivity index (χ2v) is 6.68. The van der Waals surface area contributed by atoms with Crippen LogP contribution in [0.15, 0.2) is 21.2 Å². The smallest absolute Gasteiger partial charge is 0.140 e. The Bertz CT molecular complexity index is 340. The normalized spacial score (nSPS) is 20.5. The van der Waals surface area contributed by atoms with Crippen LogP contribution in [0.1, 0.15) is 12.8 Å². The molecule has 1 atom stereocenters. The van der Waals surface area contributed by atoms with E-state index in [0.29, 0.717) is 0 Å². The number of rotatable bonds is 3. The number of halogens is 2. The first-order chi connectivity index (χ1) is 7.25. The molecule has 1 N–H and O–H groups in total. The molecule has 0 aliphatic carbocycles. The average molecular weight is 352 g/mol.